The third kappa shape index (κ3) is 2.45. The first-order valence-corrected chi connectivity index (χ1v) is 5.72. The Hall–Kier alpha value is 0.100. The molecule has 0 bridgehead atoms. The summed E-state index contributed by atoms with van der Waals surface area (Å²) in [4.78, 5) is 0. The molecular formula is C6H5IOS. The van der Waals surface area contributed by atoms with Crippen LogP contribution < -0.4 is 4.18 Å². The van der Waals surface area contributed by atoms with Gasteiger partial charge in [-0.15, -0.1) is 0 Å². The Morgan fingerprint density at radius 2 is 1.89 bits per heavy atom. The van der Waals surface area contributed by atoms with E-state index in [1.54, 1.807) is 0 Å². The molecular weight excluding hydrogens is 247 g/mol. The molecule has 0 radical (unpaired) electrons. The lowest BCUT2D eigenvalue weighted by atomic mass is 10.3. The van der Waals surface area contributed by atoms with Crippen LogP contribution in [0.15, 0.2) is 30.3 Å². The minimum atomic E-state index is 0.900. The molecule has 0 aromatic heterocycles. The van der Waals surface area contributed by atoms with Gasteiger partial charge >= 0.3 is 0 Å². The van der Waals surface area contributed by atoms with Crippen LogP contribution in [0, 0.1) is 0 Å². The van der Waals surface area contributed by atoms with E-state index in [0.29, 0.717) is 0 Å². The highest BCUT2D eigenvalue weighted by molar-refractivity contribution is 14.2. The zero-order valence-electron chi connectivity index (χ0n) is 4.58. The van der Waals surface area contributed by atoms with Crippen molar-refractivity contribution < 1.29 is 4.18 Å². The molecule has 1 aromatic carbocycles. The molecule has 1 nitrogen and oxygen atoms in total. The molecule has 0 heterocycles. The first-order chi connectivity index (χ1) is 4.43. The third-order valence-electron chi connectivity index (χ3n) is 0.871. The molecule has 0 aliphatic heterocycles. The molecule has 0 N–H and O–H groups in total. The fraction of sp³-hybridized carbons (Fsp3) is 0. The lowest BCUT2D eigenvalue weighted by Gasteiger charge is -1.95. The summed E-state index contributed by atoms with van der Waals surface area (Å²) in [6.45, 7) is 0. The molecule has 3 heteroatoms. The second-order valence-electron chi connectivity index (χ2n) is 1.46. The van der Waals surface area contributed by atoms with Gasteiger partial charge in [0.05, 0.1) is 0 Å². The maximum absolute atomic E-state index is 5.11. The first-order valence-electron chi connectivity index (χ1n) is 2.44. The normalized spacial score (nSPS) is 9.00. The van der Waals surface area contributed by atoms with Crippen molar-refractivity contribution in [2.75, 3.05) is 0 Å². The number of para-hydroxylation sites is 1. The third-order valence-corrected chi connectivity index (χ3v) is 1.67. The fourth-order valence-electron chi connectivity index (χ4n) is 0.512. The van der Waals surface area contributed by atoms with Crippen molar-refractivity contribution in [3.05, 3.63) is 30.3 Å². The molecule has 0 aliphatic carbocycles. The Bertz CT molecular complexity index is 166. The van der Waals surface area contributed by atoms with Crippen LogP contribution in [-0.4, -0.2) is 0 Å². The Labute approximate surface area is 70.6 Å². The quantitative estimate of drug-likeness (QED) is 0.591. The van der Waals surface area contributed by atoms with E-state index in [2.05, 4.69) is 21.2 Å². The summed E-state index contributed by atoms with van der Waals surface area (Å²) in [5, 5.41) is 0. The van der Waals surface area contributed by atoms with Gasteiger partial charge in [-0.05, 0) is 12.1 Å². The lowest BCUT2D eigenvalue weighted by Crippen LogP contribution is -1.72. The topological polar surface area (TPSA) is 9.23 Å². The van der Waals surface area contributed by atoms with Crippen LogP contribution in [0.5, 0.6) is 5.75 Å². The minimum absolute atomic E-state index is 0.900. The molecule has 1 aromatic rings. The van der Waals surface area contributed by atoms with Gasteiger partial charge in [0, 0.05) is 21.2 Å². The molecule has 9 heavy (non-hydrogen) atoms. The molecule has 0 amide bonds. The Balaban J connectivity index is 2.61. The number of benzene rings is 1. The number of halogens is 1. The monoisotopic (exact) mass is 252 g/mol. The number of rotatable bonds is 2. The van der Waals surface area contributed by atoms with Gasteiger partial charge in [0.25, 0.3) is 0 Å². The molecule has 0 saturated heterocycles. The van der Waals surface area contributed by atoms with Crippen LogP contribution in [0.25, 0.3) is 0 Å². The van der Waals surface area contributed by atoms with Gasteiger partial charge in [0.1, 0.15) is 15.0 Å². The second-order valence-corrected chi connectivity index (χ2v) is 2.83. The van der Waals surface area contributed by atoms with E-state index in [1.807, 2.05) is 30.3 Å². The summed E-state index contributed by atoms with van der Waals surface area (Å²) in [7, 11) is 1.32. The van der Waals surface area contributed by atoms with Crippen LogP contribution in [0.1, 0.15) is 0 Å². The van der Waals surface area contributed by atoms with Gasteiger partial charge in [-0.3, -0.25) is 0 Å². The Morgan fingerprint density at radius 3 is 2.44 bits per heavy atom. The van der Waals surface area contributed by atoms with Crippen LogP contribution in [0.4, 0.5) is 0 Å². The van der Waals surface area contributed by atoms with Crippen LogP contribution in [0.2, 0.25) is 0 Å². The minimum Gasteiger partial charge on any atom is -0.415 e. The maximum Gasteiger partial charge on any atom is 0.138 e. The average molecular weight is 252 g/mol. The van der Waals surface area contributed by atoms with Crippen molar-refractivity contribution in [1.82, 2.24) is 0 Å². The van der Waals surface area contributed by atoms with E-state index < -0.39 is 0 Å². The van der Waals surface area contributed by atoms with E-state index in [4.69, 9.17) is 4.18 Å². The highest BCUT2D eigenvalue weighted by Gasteiger charge is 1.86. The standard InChI is InChI=1S/C6H5IOS/c7-9-8-6-4-2-1-3-5-6/h1-5H. The summed E-state index contributed by atoms with van der Waals surface area (Å²) >= 11 is 2.09. The highest BCUT2D eigenvalue weighted by Crippen LogP contribution is 2.19. The van der Waals surface area contributed by atoms with Crippen molar-refractivity contribution in [1.29, 1.82) is 0 Å². The molecule has 0 aliphatic rings. The van der Waals surface area contributed by atoms with Gasteiger partial charge in [-0.2, -0.15) is 0 Å². The largest absolute Gasteiger partial charge is 0.415 e. The maximum atomic E-state index is 5.11. The average Bonchev–Trinajstić information content (AvgIpc) is 1.91. The summed E-state index contributed by atoms with van der Waals surface area (Å²) in [5.41, 5.74) is 0. The molecule has 0 unspecified atom stereocenters. The molecule has 48 valence electrons. The van der Waals surface area contributed by atoms with E-state index in [0.717, 1.165) is 5.75 Å². The molecule has 0 atom stereocenters. The van der Waals surface area contributed by atoms with E-state index in [9.17, 15) is 0 Å². The first kappa shape index (κ1) is 7.21. The van der Waals surface area contributed by atoms with Crippen molar-refractivity contribution >= 4 is 30.4 Å². The molecule has 0 spiro atoms. The predicted molar refractivity (Wildman–Crippen MR) is 48.7 cm³/mol. The molecule has 0 saturated carbocycles. The summed E-state index contributed by atoms with van der Waals surface area (Å²) < 4.78 is 5.11. The van der Waals surface area contributed by atoms with Crippen molar-refractivity contribution in [3.8, 4) is 5.75 Å². The smallest absolute Gasteiger partial charge is 0.138 e. The summed E-state index contributed by atoms with van der Waals surface area (Å²) in [6, 6.07) is 9.70. The van der Waals surface area contributed by atoms with E-state index in [-0.39, 0.29) is 0 Å². The van der Waals surface area contributed by atoms with Crippen molar-refractivity contribution in [2.24, 2.45) is 0 Å². The van der Waals surface area contributed by atoms with Gasteiger partial charge in [0.15, 0.2) is 0 Å². The Morgan fingerprint density at radius 1 is 1.22 bits per heavy atom. The zero-order valence-corrected chi connectivity index (χ0v) is 7.56. The van der Waals surface area contributed by atoms with Crippen molar-refractivity contribution in [2.45, 2.75) is 0 Å². The number of hydrogen-bond acceptors (Lipinski definition) is 2. The van der Waals surface area contributed by atoms with Gasteiger partial charge in [-0.25, -0.2) is 0 Å². The van der Waals surface area contributed by atoms with Gasteiger partial charge in [-0.1, -0.05) is 18.2 Å². The van der Waals surface area contributed by atoms with Crippen LogP contribution in [0.3, 0.4) is 0 Å². The van der Waals surface area contributed by atoms with E-state index >= 15 is 0 Å². The van der Waals surface area contributed by atoms with Gasteiger partial charge in [0.2, 0.25) is 0 Å². The van der Waals surface area contributed by atoms with Crippen LogP contribution in [-0.2, 0) is 0 Å². The second kappa shape index (κ2) is 4.00. The van der Waals surface area contributed by atoms with E-state index in [1.165, 1.54) is 9.21 Å². The van der Waals surface area contributed by atoms with Crippen LogP contribution >= 0.6 is 30.4 Å². The fourth-order valence-corrected chi connectivity index (χ4v) is 1.32. The van der Waals surface area contributed by atoms with Gasteiger partial charge < -0.3 is 4.18 Å². The van der Waals surface area contributed by atoms with Crippen molar-refractivity contribution in [3.63, 3.8) is 0 Å². The highest BCUT2D eigenvalue weighted by atomic mass is 127. The summed E-state index contributed by atoms with van der Waals surface area (Å²) in [5.74, 6) is 0.900. The Kier molecular flexibility index (Phi) is 3.21. The molecule has 1 rings (SSSR count). The lowest BCUT2D eigenvalue weighted by molar-refractivity contribution is 0.658. The number of hydrogen-bond donors (Lipinski definition) is 0. The molecule has 0 fully saturated rings. The summed E-state index contributed by atoms with van der Waals surface area (Å²) in [6.07, 6.45) is 0. The predicted octanol–water partition coefficient (Wildman–Crippen LogP) is 3.06. The SMILES string of the molecule is ISOc1ccccc1. The zero-order chi connectivity index (χ0) is 6.53.